The molecule has 0 radical (unpaired) electrons. The molecule has 0 fully saturated rings. The zero-order valence-corrected chi connectivity index (χ0v) is 18.6. The second-order valence-corrected chi connectivity index (χ2v) is 4.50. The summed E-state index contributed by atoms with van der Waals surface area (Å²) in [5.74, 6) is 4.25. The van der Waals surface area contributed by atoms with E-state index in [1.807, 2.05) is 0 Å². The third-order valence-corrected chi connectivity index (χ3v) is 0. The second-order valence-electron chi connectivity index (χ2n) is 4.50. The largest absolute Gasteiger partial charge is 2.00 e. The molecule has 0 aromatic carbocycles. The van der Waals surface area contributed by atoms with E-state index in [-0.39, 0.29) is 67.3 Å². The Labute approximate surface area is 146 Å². The van der Waals surface area contributed by atoms with Gasteiger partial charge in [-0.2, -0.15) is 62.3 Å². The van der Waals surface area contributed by atoms with Crippen molar-refractivity contribution in [3.8, 4) is 0 Å². The summed E-state index contributed by atoms with van der Waals surface area (Å²) in [5, 5.41) is 0. The van der Waals surface area contributed by atoms with Crippen molar-refractivity contribution in [2.24, 2.45) is 0 Å². The topological polar surface area (TPSA) is 0 Å². The van der Waals surface area contributed by atoms with Crippen molar-refractivity contribution >= 4 is 23.1 Å². The van der Waals surface area contributed by atoms with E-state index in [0.29, 0.717) is 0 Å². The molecule has 0 saturated heterocycles. The summed E-state index contributed by atoms with van der Waals surface area (Å²) in [6, 6.07) is 0. The van der Waals surface area contributed by atoms with Crippen molar-refractivity contribution < 1.29 is 44.3 Å². The van der Waals surface area contributed by atoms with Crippen LogP contribution < -0.4 is 24.8 Å². The molecule has 0 aromatic heterocycles. The molecule has 0 spiro atoms. The molecule has 0 aliphatic carbocycles. The minimum Gasteiger partial charge on any atom is -1.00 e. The van der Waals surface area contributed by atoms with Gasteiger partial charge in [0, 0.05) is 19.5 Å². The van der Waals surface area contributed by atoms with Gasteiger partial charge in [0.25, 0.3) is 0 Å². The molecule has 16 heavy (non-hydrogen) atoms. The minimum absolute atomic E-state index is 0. The van der Waals surface area contributed by atoms with E-state index in [1.165, 1.54) is 17.8 Å². The first kappa shape index (κ1) is 43.0. The summed E-state index contributed by atoms with van der Waals surface area (Å²) in [6.45, 7) is 18.8. The van der Waals surface area contributed by atoms with Gasteiger partial charge in [0.2, 0.25) is 0 Å². The van der Waals surface area contributed by atoms with Crippen molar-refractivity contribution in [2.75, 3.05) is 0 Å². The third-order valence-electron chi connectivity index (χ3n) is 0. The standard InChI is InChI=1S/3C4H9.2ClH.Mg.Zn/c3*1-4(2)3;;;;/h3*1-3H3;2*1H;;/q3*-1;;;+2;/p-2. The molecule has 0 saturated carbocycles. The molecular formula is C12H27Cl2MgZn-3. The maximum Gasteiger partial charge on any atom is 2.00 e. The van der Waals surface area contributed by atoms with Gasteiger partial charge in [-0.15, -0.1) is 0 Å². The van der Waals surface area contributed by atoms with E-state index in [0.717, 1.165) is 0 Å². The predicted molar refractivity (Wildman–Crippen MR) is 66.5 cm³/mol. The molecule has 0 bridgehead atoms. The summed E-state index contributed by atoms with van der Waals surface area (Å²) in [5.41, 5.74) is 0. The van der Waals surface area contributed by atoms with Crippen LogP contribution in [0.1, 0.15) is 62.3 Å². The fourth-order valence-electron chi connectivity index (χ4n) is 0. The first-order valence-corrected chi connectivity index (χ1v) is 4.50. The van der Waals surface area contributed by atoms with Crippen molar-refractivity contribution in [2.45, 2.75) is 62.3 Å². The van der Waals surface area contributed by atoms with E-state index in [1.54, 1.807) is 0 Å². The van der Waals surface area contributed by atoms with Crippen LogP contribution in [0.3, 0.4) is 0 Å². The Morgan fingerprint density at radius 1 is 0.438 bits per heavy atom. The molecule has 0 aliphatic rings. The molecule has 0 aromatic rings. The van der Waals surface area contributed by atoms with Crippen LogP contribution in [0.15, 0.2) is 0 Å². The first-order chi connectivity index (χ1) is 5.20. The fraction of sp³-hybridized carbons (Fsp3) is 0.750. The fourth-order valence-corrected chi connectivity index (χ4v) is 0. The number of hydrogen-bond acceptors (Lipinski definition) is 0. The molecule has 0 N–H and O–H groups in total. The Kier molecular flexibility index (Phi) is 96.7. The van der Waals surface area contributed by atoms with Gasteiger partial charge in [-0.1, -0.05) is 0 Å². The summed E-state index contributed by atoms with van der Waals surface area (Å²) in [6.07, 6.45) is 0. The van der Waals surface area contributed by atoms with Gasteiger partial charge in [0.15, 0.2) is 0 Å². The van der Waals surface area contributed by atoms with Crippen LogP contribution in [0.4, 0.5) is 0 Å². The number of hydrogen-bond donors (Lipinski definition) is 0. The summed E-state index contributed by atoms with van der Waals surface area (Å²) in [7, 11) is 0. The van der Waals surface area contributed by atoms with E-state index in [2.05, 4.69) is 62.3 Å². The smallest absolute Gasteiger partial charge is 1.00 e. The Bertz CT molecular complexity index is 47.5. The molecule has 0 amide bonds. The first-order valence-electron chi connectivity index (χ1n) is 4.50. The van der Waals surface area contributed by atoms with Crippen LogP contribution in [0, 0.1) is 17.8 Å². The van der Waals surface area contributed by atoms with Gasteiger partial charge < -0.3 is 42.6 Å². The van der Waals surface area contributed by atoms with Gasteiger partial charge in [-0.3, -0.25) is 0 Å². The van der Waals surface area contributed by atoms with Crippen LogP contribution in [-0.2, 0) is 19.5 Å². The molecule has 96 valence electrons. The van der Waals surface area contributed by atoms with Crippen LogP contribution in [0.5, 0.6) is 0 Å². The normalized spacial score (nSPS) is 6.75. The average molecular weight is 332 g/mol. The van der Waals surface area contributed by atoms with Gasteiger partial charge in [-0.25, -0.2) is 0 Å². The molecule has 0 unspecified atom stereocenters. The molecule has 4 heteroatoms. The SMILES string of the molecule is C[C-](C)C.C[C-](C)C.C[C-](C)C.[Cl-].[Cl-].[Mg+2].[Zn]. The summed E-state index contributed by atoms with van der Waals surface area (Å²) < 4.78 is 0. The van der Waals surface area contributed by atoms with E-state index >= 15 is 0 Å². The van der Waals surface area contributed by atoms with Crippen molar-refractivity contribution in [1.82, 2.24) is 0 Å². The summed E-state index contributed by atoms with van der Waals surface area (Å²) >= 11 is 0. The quantitative estimate of drug-likeness (QED) is 0.374. The second kappa shape index (κ2) is 36.0. The molecule has 0 aliphatic heterocycles. The molecule has 0 atom stereocenters. The Morgan fingerprint density at radius 2 is 0.438 bits per heavy atom. The van der Waals surface area contributed by atoms with Crippen LogP contribution >= 0.6 is 0 Å². The minimum atomic E-state index is 0. The van der Waals surface area contributed by atoms with Crippen molar-refractivity contribution in [1.29, 1.82) is 0 Å². The molecule has 0 rings (SSSR count). The Balaban J connectivity index is -0.0000000135. The number of rotatable bonds is 0. The summed E-state index contributed by atoms with van der Waals surface area (Å²) in [4.78, 5) is 0. The average Bonchev–Trinajstić information content (AvgIpc) is 1.54. The zero-order chi connectivity index (χ0) is 10.7. The van der Waals surface area contributed by atoms with E-state index in [4.69, 9.17) is 0 Å². The molecular weight excluding hydrogens is 305 g/mol. The monoisotopic (exact) mass is 329 g/mol. The zero-order valence-electron chi connectivity index (χ0n) is 12.7. The van der Waals surface area contributed by atoms with Gasteiger partial charge in [0.05, 0.1) is 0 Å². The van der Waals surface area contributed by atoms with Crippen LogP contribution in [0.25, 0.3) is 0 Å². The third kappa shape index (κ3) is 922. The number of halogens is 2. The van der Waals surface area contributed by atoms with Crippen molar-refractivity contribution in [3.63, 3.8) is 0 Å². The Hall–Kier alpha value is 1.97. The maximum absolute atomic E-state index is 2.08. The van der Waals surface area contributed by atoms with Crippen molar-refractivity contribution in [3.05, 3.63) is 17.8 Å². The maximum atomic E-state index is 2.08. The predicted octanol–water partition coefficient (Wildman–Crippen LogP) is -1.51. The van der Waals surface area contributed by atoms with Gasteiger partial charge >= 0.3 is 23.1 Å². The molecule has 0 nitrogen and oxygen atoms in total. The van der Waals surface area contributed by atoms with E-state index < -0.39 is 0 Å². The van der Waals surface area contributed by atoms with E-state index in [9.17, 15) is 0 Å². The van der Waals surface area contributed by atoms with Gasteiger partial charge in [0.1, 0.15) is 0 Å². The van der Waals surface area contributed by atoms with Crippen LogP contribution in [-0.4, -0.2) is 23.1 Å². The Morgan fingerprint density at radius 3 is 0.438 bits per heavy atom. The molecule has 0 heterocycles. The van der Waals surface area contributed by atoms with Gasteiger partial charge in [-0.05, 0) is 0 Å². The van der Waals surface area contributed by atoms with Crippen LogP contribution in [0.2, 0.25) is 0 Å².